The number of anilines is 2. The van der Waals surface area contributed by atoms with E-state index in [0.29, 0.717) is 17.3 Å². The van der Waals surface area contributed by atoms with Gasteiger partial charge in [0.2, 0.25) is 0 Å². The molecule has 1 amide bonds. The summed E-state index contributed by atoms with van der Waals surface area (Å²) in [7, 11) is 3.49. The molecule has 1 rings (SSSR count). The first-order chi connectivity index (χ1) is 8.49. The van der Waals surface area contributed by atoms with E-state index in [4.69, 9.17) is 5.73 Å². The highest BCUT2D eigenvalue weighted by Crippen LogP contribution is 2.22. The Labute approximate surface area is 109 Å². The molecule has 0 radical (unpaired) electrons. The van der Waals surface area contributed by atoms with Gasteiger partial charge in [-0.05, 0) is 31.0 Å². The predicted octanol–water partition coefficient (Wildman–Crippen LogP) is 2.57. The summed E-state index contributed by atoms with van der Waals surface area (Å²) < 4.78 is 0. The first-order valence-corrected chi connectivity index (χ1v) is 6.37. The van der Waals surface area contributed by atoms with Gasteiger partial charge < -0.3 is 16.0 Å². The molecule has 0 aliphatic heterocycles. The van der Waals surface area contributed by atoms with E-state index in [1.54, 1.807) is 31.1 Å². The van der Waals surface area contributed by atoms with Crippen LogP contribution in [0.3, 0.4) is 0 Å². The Kier molecular flexibility index (Phi) is 5.01. The maximum atomic E-state index is 11.9. The van der Waals surface area contributed by atoms with Crippen LogP contribution in [0.1, 0.15) is 37.0 Å². The zero-order chi connectivity index (χ0) is 13.7. The van der Waals surface area contributed by atoms with Crippen molar-refractivity contribution in [3.8, 4) is 0 Å². The molecule has 3 N–H and O–H groups in total. The molecule has 0 saturated heterocycles. The van der Waals surface area contributed by atoms with E-state index in [2.05, 4.69) is 19.2 Å². The Balaban J connectivity index is 2.97. The lowest BCUT2D eigenvalue weighted by Gasteiger charge is -2.19. The minimum atomic E-state index is -0.0115. The quantitative estimate of drug-likeness (QED) is 0.788. The summed E-state index contributed by atoms with van der Waals surface area (Å²) >= 11 is 0. The van der Waals surface area contributed by atoms with Crippen molar-refractivity contribution >= 4 is 17.3 Å². The van der Waals surface area contributed by atoms with Crippen LogP contribution in [0, 0.1) is 0 Å². The Morgan fingerprint density at radius 2 is 1.94 bits per heavy atom. The predicted molar refractivity (Wildman–Crippen MR) is 76.9 cm³/mol. The molecule has 1 aromatic carbocycles. The van der Waals surface area contributed by atoms with Gasteiger partial charge in [0, 0.05) is 25.7 Å². The summed E-state index contributed by atoms with van der Waals surface area (Å²) in [5.41, 5.74) is 8.11. The maximum absolute atomic E-state index is 11.9. The number of nitrogens with zero attached hydrogens (tertiary/aromatic N) is 1. The molecule has 4 heteroatoms. The largest absolute Gasteiger partial charge is 0.397 e. The van der Waals surface area contributed by atoms with Gasteiger partial charge in [-0.3, -0.25) is 4.79 Å². The van der Waals surface area contributed by atoms with Crippen molar-refractivity contribution < 1.29 is 4.79 Å². The summed E-state index contributed by atoms with van der Waals surface area (Å²) in [6, 6.07) is 5.75. The molecular weight excluding hydrogens is 226 g/mol. The second kappa shape index (κ2) is 6.28. The van der Waals surface area contributed by atoms with Crippen LogP contribution in [0.15, 0.2) is 18.2 Å². The highest BCUT2D eigenvalue weighted by Gasteiger charge is 2.11. The van der Waals surface area contributed by atoms with E-state index in [1.807, 2.05) is 6.07 Å². The van der Waals surface area contributed by atoms with E-state index < -0.39 is 0 Å². The number of hydrogen-bond donors (Lipinski definition) is 2. The summed E-state index contributed by atoms with van der Waals surface area (Å²) in [5.74, 6) is -0.0115. The Hall–Kier alpha value is -1.71. The van der Waals surface area contributed by atoms with Crippen LogP contribution in [-0.2, 0) is 0 Å². The Bertz CT molecular complexity index is 412. The second-order valence-corrected chi connectivity index (χ2v) is 4.66. The number of amides is 1. The first-order valence-electron chi connectivity index (χ1n) is 6.37. The topological polar surface area (TPSA) is 58.4 Å². The molecule has 0 aromatic heterocycles. The monoisotopic (exact) mass is 249 g/mol. The fourth-order valence-corrected chi connectivity index (χ4v) is 1.79. The van der Waals surface area contributed by atoms with Gasteiger partial charge in [0.25, 0.3) is 5.91 Å². The lowest BCUT2D eigenvalue weighted by atomic mass is 10.1. The van der Waals surface area contributed by atoms with E-state index in [1.165, 1.54) is 0 Å². The van der Waals surface area contributed by atoms with Gasteiger partial charge in [-0.2, -0.15) is 0 Å². The van der Waals surface area contributed by atoms with Gasteiger partial charge in [0.1, 0.15) is 0 Å². The minimum Gasteiger partial charge on any atom is -0.397 e. The van der Waals surface area contributed by atoms with Crippen molar-refractivity contribution in [3.05, 3.63) is 23.8 Å². The number of rotatable bonds is 5. The standard InChI is InChI=1S/C14H23N3O/c1-5-11(6-2)16-13-9-10(7-8-12(13)15)14(18)17(3)4/h7-9,11,16H,5-6,15H2,1-4H3. The molecule has 0 unspecified atom stereocenters. The van der Waals surface area contributed by atoms with Crippen LogP contribution in [-0.4, -0.2) is 30.9 Å². The fraction of sp³-hybridized carbons (Fsp3) is 0.500. The number of benzene rings is 1. The van der Waals surface area contributed by atoms with Crippen LogP contribution >= 0.6 is 0 Å². The highest BCUT2D eigenvalue weighted by molar-refractivity contribution is 5.95. The minimum absolute atomic E-state index is 0.0115. The van der Waals surface area contributed by atoms with E-state index in [0.717, 1.165) is 18.5 Å². The van der Waals surface area contributed by atoms with E-state index >= 15 is 0 Å². The lowest BCUT2D eigenvalue weighted by Crippen LogP contribution is -2.22. The number of carbonyl (C=O) groups excluding carboxylic acids is 1. The number of carbonyl (C=O) groups is 1. The fourth-order valence-electron chi connectivity index (χ4n) is 1.79. The number of nitrogen functional groups attached to an aromatic ring is 1. The Morgan fingerprint density at radius 1 is 1.33 bits per heavy atom. The zero-order valence-corrected chi connectivity index (χ0v) is 11.7. The maximum Gasteiger partial charge on any atom is 0.253 e. The van der Waals surface area contributed by atoms with Gasteiger partial charge >= 0.3 is 0 Å². The first kappa shape index (κ1) is 14.4. The molecule has 0 spiro atoms. The van der Waals surface area contributed by atoms with Gasteiger partial charge in [-0.1, -0.05) is 13.8 Å². The zero-order valence-electron chi connectivity index (χ0n) is 11.7. The SMILES string of the molecule is CCC(CC)Nc1cc(C(=O)N(C)C)ccc1N. The van der Waals surface area contributed by atoms with Crippen molar-refractivity contribution in [1.29, 1.82) is 0 Å². The molecule has 100 valence electrons. The van der Waals surface area contributed by atoms with Gasteiger partial charge in [-0.15, -0.1) is 0 Å². The lowest BCUT2D eigenvalue weighted by molar-refractivity contribution is 0.0827. The molecule has 0 aliphatic carbocycles. The average Bonchev–Trinajstić information content (AvgIpc) is 2.36. The molecule has 0 saturated carbocycles. The number of hydrogen-bond acceptors (Lipinski definition) is 3. The highest BCUT2D eigenvalue weighted by atomic mass is 16.2. The van der Waals surface area contributed by atoms with Crippen molar-refractivity contribution in [3.63, 3.8) is 0 Å². The molecule has 1 aromatic rings. The molecule has 0 heterocycles. The van der Waals surface area contributed by atoms with Gasteiger partial charge in [0.15, 0.2) is 0 Å². The normalized spacial score (nSPS) is 10.5. The summed E-state index contributed by atoms with van der Waals surface area (Å²) in [6.45, 7) is 4.26. The molecule has 0 aliphatic rings. The third kappa shape index (κ3) is 3.39. The van der Waals surface area contributed by atoms with Crippen LogP contribution in [0.2, 0.25) is 0 Å². The van der Waals surface area contributed by atoms with Crippen LogP contribution in [0.4, 0.5) is 11.4 Å². The van der Waals surface area contributed by atoms with Crippen molar-refractivity contribution in [1.82, 2.24) is 4.90 Å². The van der Waals surface area contributed by atoms with E-state index in [9.17, 15) is 4.79 Å². The van der Waals surface area contributed by atoms with Crippen molar-refractivity contribution in [2.24, 2.45) is 0 Å². The average molecular weight is 249 g/mol. The molecule has 18 heavy (non-hydrogen) atoms. The molecule has 0 atom stereocenters. The van der Waals surface area contributed by atoms with Gasteiger partial charge in [-0.25, -0.2) is 0 Å². The molecule has 0 fully saturated rings. The molecule has 0 bridgehead atoms. The second-order valence-electron chi connectivity index (χ2n) is 4.66. The smallest absolute Gasteiger partial charge is 0.253 e. The molecular formula is C14H23N3O. The summed E-state index contributed by atoms with van der Waals surface area (Å²) in [6.07, 6.45) is 2.06. The van der Waals surface area contributed by atoms with E-state index in [-0.39, 0.29) is 5.91 Å². The van der Waals surface area contributed by atoms with Gasteiger partial charge in [0.05, 0.1) is 11.4 Å². The van der Waals surface area contributed by atoms with Crippen LogP contribution in [0.5, 0.6) is 0 Å². The third-order valence-electron chi connectivity index (χ3n) is 3.05. The summed E-state index contributed by atoms with van der Waals surface area (Å²) in [5, 5.41) is 3.39. The third-order valence-corrected chi connectivity index (χ3v) is 3.05. The summed E-state index contributed by atoms with van der Waals surface area (Å²) in [4.78, 5) is 13.5. The Morgan fingerprint density at radius 3 is 2.44 bits per heavy atom. The van der Waals surface area contributed by atoms with Crippen molar-refractivity contribution in [2.45, 2.75) is 32.7 Å². The number of nitrogens with one attached hydrogen (secondary N) is 1. The van der Waals surface area contributed by atoms with Crippen molar-refractivity contribution in [2.75, 3.05) is 25.1 Å². The number of nitrogens with two attached hydrogens (primary N) is 1. The van der Waals surface area contributed by atoms with Crippen LogP contribution in [0.25, 0.3) is 0 Å². The van der Waals surface area contributed by atoms with Crippen LogP contribution < -0.4 is 11.1 Å². The molecule has 4 nitrogen and oxygen atoms in total.